The summed E-state index contributed by atoms with van der Waals surface area (Å²) in [6.45, 7) is 0. The zero-order valence-corrected chi connectivity index (χ0v) is 12.3. The SMILES string of the molecule is CNc1nc(Nc2nc(N)nc(NC)c2C#N)nc(N)c1C#N. The first-order valence-corrected chi connectivity index (χ1v) is 6.31. The second-order valence-electron chi connectivity index (χ2n) is 4.16. The van der Waals surface area contributed by atoms with Gasteiger partial charge in [0.25, 0.3) is 0 Å². The summed E-state index contributed by atoms with van der Waals surface area (Å²) >= 11 is 0. The smallest absolute Gasteiger partial charge is 0.232 e. The maximum absolute atomic E-state index is 9.27. The number of aromatic nitrogens is 4. The van der Waals surface area contributed by atoms with E-state index in [2.05, 4.69) is 35.9 Å². The minimum atomic E-state index is -0.0358. The van der Waals surface area contributed by atoms with Crippen LogP contribution in [0.1, 0.15) is 11.1 Å². The molecule has 0 fully saturated rings. The van der Waals surface area contributed by atoms with Crippen molar-refractivity contribution >= 4 is 35.2 Å². The van der Waals surface area contributed by atoms with Gasteiger partial charge in [0, 0.05) is 14.1 Å². The maximum atomic E-state index is 9.27. The lowest BCUT2D eigenvalue weighted by atomic mass is 10.3. The lowest BCUT2D eigenvalue weighted by molar-refractivity contribution is 1.11. The minimum Gasteiger partial charge on any atom is -0.382 e. The first-order chi connectivity index (χ1) is 11.0. The molecule has 116 valence electrons. The Morgan fingerprint density at radius 2 is 1.39 bits per heavy atom. The molecule has 0 unspecified atom stereocenters. The third kappa shape index (κ3) is 2.93. The third-order valence-electron chi connectivity index (χ3n) is 2.79. The van der Waals surface area contributed by atoms with Gasteiger partial charge in [0.2, 0.25) is 11.9 Å². The summed E-state index contributed by atoms with van der Waals surface area (Å²) in [4.78, 5) is 16.0. The Hall–Kier alpha value is -3.86. The van der Waals surface area contributed by atoms with Gasteiger partial charge in [-0.05, 0) is 0 Å². The van der Waals surface area contributed by atoms with E-state index >= 15 is 0 Å². The van der Waals surface area contributed by atoms with Crippen LogP contribution in [0.15, 0.2) is 0 Å². The number of hydrogen-bond acceptors (Lipinski definition) is 11. The fourth-order valence-electron chi connectivity index (χ4n) is 1.79. The normalized spacial score (nSPS) is 9.57. The number of nitrogens with two attached hydrogens (primary N) is 2. The Kier molecular flexibility index (Phi) is 4.24. The lowest BCUT2D eigenvalue weighted by Gasteiger charge is -2.11. The van der Waals surface area contributed by atoms with Gasteiger partial charge in [-0.1, -0.05) is 0 Å². The molecule has 0 aromatic carbocycles. The van der Waals surface area contributed by atoms with Crippen molar-refractivity contribution in [3.05, 3.63) is 11.1 Å². The predicted octanol–water partition coefficient (Wildman–Crippen LogP) is 0.00136. The molecule has 0 atom stereocenters. The van der Waals surface area contributed by atoms with E-state index in [1.54, 1.807) is 14.1 Å². The van der Waals surface area contributed by atoms with Crippen molar-refractivity contribution in [1.29, 1.82) is 10.5 Å². The summed E-state index contributed by atoms with van der Waals surface area (Å²) in [6, 6.07) is 3.88. The molecular weight excluding hydrogens is 298 g/mol. The summed E-state index contributed by atoms with van der Waals surface area (Å²) in [7, 11) is 3.19. The van der Waals surface area contributed by atoms with Gasteiger partial charge in [-0.25, -0.2) is 0 Å². The van der Waals surface area contributed by atoms with Gasteiger partial charge >= 0.3 is 0 Å². The molecule has 11 heteroatoms. The van der Waals surface area contributed by atoms with Crippen molar-refractivity contribution in [3.8, 4) is 12.1 Å². The summed E-state index contributed by atoms with van der Waals surface area (Å²) in [5.74, 6) is 0.642. The first-order valence-electron chi connectivity index (χ1n) is 6.31. The Labute approximate surface area is 131 Å². The van der Waals surface area contributed by atoms with E-state index in [4.69, 9.17) is 16.7 Å². The van der Waals surface area contributed by atoms with Crippen LogP contribution in [-0.2, 0) is 0 Å². The van der Waals surface area contributed by atoms with Crippen molar-refractivity contribution < 1.29 is 0 Å². The second kappa shape index (κ2) is 6.28. The van der Waals surface area contributed by atoms with Crippen LogP contribution >= 0.6 is 0 Å². The maximum Gasteiger partial charge on any atom is 0.232 e. The zero-order valence-electron chi connectivity index (χ0n) is 12.3. The van der Waals surface area contributed by atoms with E-state index in [0.717, 1.165) is 0 Å². The van der Waals surface area contributed by atoms with Crippen molar-refractivity contribution in [2.45, 2.75) is 0 Å². The molecule has 0 aliphatic carbocycles. The van der Waals surface area contributed by atoms with Crippen molar-refractivity contribution in [2.75, 3.05) is 41.5 Å². The molecule has 0 saturated carbocycles. The number of nitrogens with one attached hydrogen (secondary N) is 3. The molecule has 0 saturated heterocycles. The Morgan fingerprint density at radius 3 is 1.96 bits per heavy atom. The van der Waals surface area contributed by atoms with E-state index in [1.165, 1.54) is 0 Å². The highest BCUT2D eigenvalue weighted by atomic mass is 15.2. The molecule has 0 aliphatic rings. The summed E-state index contributed by atoms with van der Waals surface area (Å²) in [6.07, 6.45) is 0. The zero-order chi connectivity index (χ0) is 17.0. The Balaban J connectivity index is 2.52. The number of hydrogen-bond donors (Lipinski definition) is 5. The largest absolute Gasteiger partial charge is 0.382 e. The van der Waals surface area contributed by atoms with E-state index in [1.807, 2.05) is 12.1 Å². The van der Waals surface area contributed by atoms with Crippen LogP contribution in [0.2, 0.25) is 0 Å². The van der Waals surface area contributed by atoms with Gasteiger partial charge in [0.1, 0.15) is 29.1 Å². The highest BCUT2D eigenvalue weighted by Gasteiger charge is 2.16. The van der Waals surface area contributed by atoms with Crippen LogP contribution in [-0.4, -0.2) is 34.0 Å². The van der Waals surface area contributed by atoms with Gasteiger partial charge in [0.05, 0.1) is 0 Å². The Bertz CT molecular complexity index is 830. The summed E-state index contributed by atoms with van der Waals surface area (Å²) in [5.41, 5.74) is 11.6. The number of anilines is 6. The fourth-order valence-corrected chi connectivity index (χ4v) is 1.79. The molecule has 0 spiro atoms. The molecule has 7 N–H and O–H groups in total. The topological polar surface area (TPSA) is 187 Å². The molecule has 2 aromatic heterocycles. The summed E-state index contributed by atoms with van der Waals surface area (Å²) in [5, 5.41) is 26.6. The highest BCUT2D eigenvalue weighted by Crippen LogP contribution is 2.25. The van der Waals surface area contributed by atoms with Gasteiger partial charge in [-0.3, -0.25) is 0 Å². The average Bonchev–Trinajstić information content (AvgIpc) is 2.53. The molecule has 0 amide bonds. The summed E-state index contributed by atoms with van der Waals surface area (Å²) < 4.78 is 0. The third-order valence-corrected chi connectivity index (χ3v) is 2.79. The molecule has 0 bridgehead atoms. The second-order valence-corrected chi connectivity index (χ2v) is 4.16. The monoisotopic (exact) mass is 311 g/mol. The molecule has 0 aliphatic heterocycles. The standard InChI is InChI=1S/C12H13N11/c1-17-8-5(3-13)7(15)19-12(22-8)23-10-6(4-14)9(18-2)20-11(16)21-10/h1-2H3,(H7,15,16,17,18,19,20,21,22,23). The quantitative estimate of drug-likeness (QED) is 0.511. The van der Waals surface area contributed by atoms with E-state index in [0.29, 0.717) is 0 Å². The molecule has 2 heterocycles. The number of nitriles is 2. The molecule has 2 aromatic rings. The predicted molar refractivity (Wildman–Crippen MR) is 84.7 cm³/mol. The molecule has 2 rings (SSSR count). The van der Waals surface area contributed by atoms with Crippen LogP contribution in [0, 0.1) is 22.7 Å². The number of rotatable bonds is 4. The van der Waals surface area contributed by atoms with Crippen molar-refractivity contribution in [2.24, 2.45) is 0 Å². The van der Waals surface area contributed by atoms with Crippen molar-refractivity contribution in [3.63, 3.8) is 0 Å². The van der Waals surface area contributed by atoms with Crippen molar-refractivity contribution in [1.82, 2.24) is 19.9 Å². The fraction of sp³-hybridized carbons (Fsp3) is 0.167. The first kappa shape index (κ1) is 15.5. The van der Waals surface area contributed by atoms with Crippen LogP contribution < -0.4 is 27.4 Å². The highest BCUT2D eigenvalue weighted by molar-refractivity contribution is 5.71. The number of nitrogens with zero attached hydrogens (tertiary/aromatic N) is 6. The Morgan fingerprint density at radius 1 is 0.826 bits per heavy atom. The molecular formula is C12H13N11. The molecule has 11 nitrogen and oxygen atoms in total. The average molecular weight is 311 g/mol. The van der Waals surface area contributed by atoms with E-state index in [9.17, 15) is 5.26 Å². The van der Waals surface area contributed by atoms with Crippen LogP contribution in [0.25, 0.3) is 0 Å². The van der Waals surface area contributed by atoms with E-state index < -0.39 is 0 Å². The number of nitrogen functional groups attached to an aromatic ring is 2. The van der Waals surface area contributed by atoms with E-state index in [-0.39, 0.29) is 46.3 Å². The van der Waals surface area contributed by atoms with Crippen LogP contribution in [0.5, 0.6) is 0 Å². The van der Waals surface area contributed by atoms with Gasteiger partial charge in [0.15, 0.2) is 17.5 Å². The lowest BCUT2D eigenvalue weighted by Crippen LogP contribution is -2.11. The molecule has 0 radical (unpaired) electrons. The van der Waals surface area contributed by atoms with Crippen LogP contribution in [0.4, 0.5) is 35.2 Å². The van der Waals surface area contributed by atoms with Crippen LogP contribution in [0.3, 0.4) is 0 Å². The minimum absolute atomic E-state index is 0.0104. The van der Waals surface area contributed by atoms with Gasteiger partial charge < -0.3 is 27.4 Å². The van der Waals surface area contributed by atoms with Gasteiger partial charge in [-0.2, -0.15) is 30.5 Å². The van der Waals surface area contributed by atoms with Gasteiger partial charge in [-0.15, -0.1) is 0 Å². The molecule has 23 heavy (non-hydrogen) atoms.